The first kappa shape index (κ1) is 11.6. The highest BCUT2D eigenvalue weighted by atomic mass is 16.6. The van der Waals surface area contributed by atoms with Crippen molar-refractivity contribution in [3.05, 3.63) is 21.6 Å². The van der Waals surface area contributed by atoms with Crippen molar-refractivity contribution in [1.29, 1.82) is 0 Å². The van der Waals surface area contributed by atoms with Crippen LogP contribution < -0.4 is 5.32 Å². The molecule has 0 aromatic carbocycles. The topological polar surface area (TPSA) is 98.3 Å². The van der Waals surface area contributed by atoms with Crippen LogP contribution in [0.2, 0.25) is 0 Å². The van der Waals surface area contributed by atoms with Gasteiger partial charge in [0.25, 0.3) is 5.91 Å². The molecule has 1 aromatic heterocycles. The zero-order valence-electron chi connectivity index (χ0n) is 9.43. The molecule has 1 saturated carbocycles. The summed E-state index contributed by atoms with van der Waals surface area (Å²) in [7, 11) is 0. The fourth-order valence-corrected chi connectivity index (χ4v) is 2.06. The number of hydrogen-bond acceptors (Lipinski definition) is 5. The van der Waals surface area contributed by atoms with E-state index in [9.17, 15) is 14.9 Å². The zero-order valence-corrected chi connectivity index (χ0v) is 9.43. The van der Waals surface area contributed by atoms with E-state index in [1.54, 1.807) is 0 Å². The summed E-state index contributed by atoms with van der Waals surface area (Å²) >= 11 is 0. The van der Waals surface area contributed by atoms with E-state index in [0.29, 0.717) is 0 Å². The minimum Gasteiger partial charge on any atom is -0.353 e. The first-order valence-electron chi connectivity index (χ1n) is 5.51. The van der Waals surface area contributed by atoms with Crippen molar-refractivity contribution >= 4 is 11.6 Å². The van der Waals surface area contributed by atoms with Crippen molar-refractivity contribution in [2.45, 2.75) is 38.6 Å². The number of aryl methyl sites for hydroxylation is 1. The second-order valence-electron chi connectivity index (χ2n) is 4.15. The van der Waals surface area contributed by atoms with E-state index < -0.39 is 10.8 Å². The number of nitro groups is 1. The van der Waals surface area contributed by atoms with Gasteiger partial charge in [-0.2, -0.15) is 0 Å². The molecule has 1 aromatic rings. The lowest BCUT2D eigenvalue weighted by Gasteiger charge is -2.09. The van der Waals surface area contributed by atoms with Gasteiger partial charge in [-0.1, -0.05) is 18.0 Å². The monoisotopic (exact) mass is 239 g/mol. The second-order valence-corrected chi connectivity index (χ2v) is 4.15. The lowest BCUT2D eigenvalue weighted by Crippen LogP contribution is -2.33. The molecular formula is C10H13N3O4. The molecule has 7 nitrogen and oxygen atoms in total. The lowest BCUT2D eigenvalue weighted by molar-refractivity contribution is -0.386. The summed E-state index contributed by atoms with van der Waals surface area (Å²) < 4.78 is 4.69. The maximum absolute atomic E-state index is 11.8. The fourth-order valence-electron chi connectivity index (χ4n) is 2.06. The maximum atomic E-state index is 11.8. The molecule has 1 fully saturated rings. The van der Waals surface area contributed by atoms with Crippen molar-refractivity contribution in [3.63, 3.8) is 0 Å². The summed E-state index contributed by atoms with van der Waals surface area (Å²) in [4.78, 5) is 21.9. The molecule has 1 aliphatic carbocycles. The van der Waals surface area contributed by atoms with Crippen LogP contribution in [0.5, 0.6) is 0 Å². The summed E-state index contributed by atoms with van der Waals surface area (Å²) in [6.07, 6.45) is 3.97. The van der Waals surface area contributed by atoms with Crippen LogP contribution in [0.4, 0.5) is 5.69 Å². The van der Waals surface area contributed by atoms with Crippen LogP contribution in [-0.2, 0) is 0 Å². The Kier molecular flexibility index (Phi) is 3.08. The van der Waals surface area contributed by atoms with Crippen molar-refractivity contribution in [2.75, 3.05) is 0 Å². The third kappa shape index (κ3) is 2.27. The number of nitrogens with zero attached hydrogens (tertiary/aromatic N) is 2. The molecule has 0 atom stereocenters. The average molecular weight is 239 g/mol. The van der Waals surface area contributed by atoms with Gasteiger partial charge in [-0.3, -0.25) is 14.9 Å². The van der Waals surface area contributed by atoms with E-state index in [0.717, 1.165) is 25.7 Å². The number of rotatable bonds is 3. The Morgan fingerprint density at radius 1 is 1.53 bits per heavy atom. The summed E-state index contributed by atoms with van der Waals surface area (Å²) in [6, 6.07) is 0.0964. The molecule has 1 amide bonds. The average Bonchev–Trinajstić information content (AvgIpc) is 2.86. The molecule has 17 heavy (non-hydrogen) atoms. The lowest BCUT2D eigenvalue weighted by atomic mass is 10.2. The van der Waals surface area contributed by atoms with E-state index in [2.05, 4.69) is 10.5 Å². The summed E-state index contributed by atoms with van der Waals surface area (Å²) in [6.45, 7) is 1.41. The molecule has 7 heteroatoms. The molecule has 1 heterocycles. The fraction of sp³-hybridized carbons (Fsp3) is 0.600. The standard InChI is InChI=1S/C10H13N3O4/c1-6-9(13(15)16)8(12-17-6)10(14)11-7-4-2-3-5-7/h7H,2-5H2,1H3,(H,11,14). The summed E-state index contributed by atoms with van der Waals surface area (Å²) in [5.41, 5.74) is -0.583. The largest absolute Gasteiger partial charge is 0.353 e. The number of hydrogen-bond donors (Lipinski definition) is 1. The highest BCUT2D eigenvalue weighted by Crippen LogP contribution is 2.23. The molecule has 0 bridgehead atoms. The first-order chi connectivity index (χ1) is 8.09. The smallest absolute Gasteiger partial charge is 0.344 e. The van der Waals surface area contributed by atoms with Gasteiger partial charge in [-0.25, -0.2) is 0 Å². The number of nitrogens with one attached hydrogen (secondary N) is 1. The molecule has 92 valence electrons. The molecule has 1 aliphatic rings. The summed E-state index contributed by atoms with van der Waals surface area (Å²) in [5, 5.41) is 17.0. The van der Waals surface area contributed by atoms with Crippen molar-refractivity contribution in [3.8, 4) is 0 Å². The highest BCUT2D eigenvalue weighted by Gasteiger charge is 2.30. The molecule has 0 spiro atoms. The number of carbonyl (C=O) groups is 1. The molecule has 2 rings (SSSR count). The number of aromatic nitrogens is 1. The zero-order chi connectivity index (χ0) is 12.4. The van der Waals surface area contributed by atoms with E-state index in [1.807, 2.05) is 0 Å². The number of amides is 1. The van der Waals surface area contributed by atoms with Crippen LogP contribution in [0.1, 0.15) is 41.9 Å². The molecule has 0 saturated heterocycles. The third-order valence-electron chi connectivity index (χ3n) is 2.92. The maximum Gasteiger partial charge on any atom is 0.344 e. The normalized spacial score (nSPS) is 16.1. The quantitative estimate of drug-likeness (QED) is 0.637. The van der Waals surface area contributed by atoms with Crippen molar-refractivity contribution in [1.82, 2.24) is 10.5 Å². The Bertz CT molecular complexity index is 448. The Morgan fingerprint density at radius 2 is 2.18 bits per heavy atom. The molecule has 0 radical (unpaired) electrons. The SMILES string of the molecule is Cc1onc(C(=O)NC2CCCC2)c1[N+](=O)[O-]. The Hall–Kier alpha value is -1.92. The predicted octanol–water partition coefficient (Wildman–Crippen LogP) is 1.56. The molecule has 1 N–H and O–H groups in total. The van der Waals surface area contributed by atoms with E-state index >= 15 is 0 Å². The molecule has 0 aliphatic heterocycles. The van der Waals surface area contributed by atoms with Crippen molar-refractivity contribution in [2.24, 2.45) is 0 Å². The number of carbonyl (C=O) groups excluding carboxylic acids is 1. The van der Waals surface area contributed by atoms with Crippen LogP contribution in [0.25, 0.3) is 0 Å². The van der Waals surface area contributed by atoms with Gasteiger partial charge in [0.2, 0.25) is 11.5 Å². The van der Waals surface area contributed by atoms with Crippen LogP contribution in [0, 0.1) is 17.0 Å². The van der Waals surface area contributed by atoms with Crippen LogP contribution >= 0.6 is 0 Å². The Labute approximate surface area is 97.3 Å². The Morgan fingerprint density at radius 3 is 2.76 bits per heavy atom. The molecule has 0 unspecified atom stereocenters. The van der Waals surface area contributed by atoms with Crippen LogP contribution in [-0.4, -0.2) is 22.0 Å². The highest BCUT2D eigenvalue weighted by molar-refractivity contribution is 5.96. The summed E-state index contributed by atoms with van der Waals surface area (Å²) in [5.74, 6) is -0.480. The minimum atomic E-state index is -0.643. The van der Waals surface area contributed by atoms with Crippen molar-refractivity contribution < 1.29 is 14.2 Å². The van der Waals surface area contributed by atoms with Gasteiger partial charge in [-0.15, -0.1) is 0 Å². The van der Waals surface area contributed by atoms with Gasteiger partial charge in [0.1, 0.15) is 0 Å². The van der Waals surface area contributed by atoms with Gasteiger partial charge < -0.3 is 9.84 Å². The van der Waals surface area contributed by atoms with E-state index in [4.69, 9.17) is 4.52 Å². The van der Waals surface area contributed by atoms with Gasteiger partial charge in [0, 0.05) is 13.0 Å². The first-order valence-corrected chi connectivity index (χ1v) is 5.51. The predicted molar refractivity (Wildman–Crippen MR) is 57.6 cm³/mol. The van der Waals surface area contributed by atoms with E-state index in [-0.39, 0.29) is 23.2 Å². The minimum absolute atomic E-state index is 0.0478. The van der Waals surface area contributed by atoms with Gasteiger partial charge in [0.05, 0.1) is 4.92 Å². The van der Waals surface area contributed by atoms with Gasteiger partial charge >= 0.3 is 5.69 Å². The van der Waals surface area contributed by atoms with Crippen LogP contribution in [0.15, 0.2) is 4.52 Å². The van der Waals surface area contributed by atoms with E-state index in [1.165, 1.54) is 6.92 Å². The van der Waals surface area contributed by atoms with Gasteiger partial charge in [0.15, 0.2) is 0 Å². The molecular weight excluding hydrogens is 226 g/mol. The van der Waals surface area contributed by atoms with Crippen LogP contribution in [0.3, 0.4) is 0 Å². The third-order valence-corrected chi connectivity index (χ3v) is 2.92. The second kappa shape index (κ2) is 4.52. The Balaban J connectivity index is 2.15. The van der Waals surface area contributed by atoms with Gasteiger partial charge in [-0.05, 0) is 12.8 Å².